The van der Waals surface area contributed by atoms with Gasteiger partial charge in [0.15, 0.2) is 9.84 Å². The van der Waals surface area contributed by atoms with Crippen LogP contribution in [0.4, 0.5) is 5.69 Å². The van der Waals surface area contributed by atoms with Crippen molar-refractivity contribution in [1.29, 1.82) is 0 Å². The molecule has 0 spiro atoms. The molecular weight excluding hydrogens is 262 g/mol. The average molecular weight is 283 g/mol. The Labute approximate surface area is 115 Å². The monoisotopic (exact) mass is 283 g/mol. The Morgan fingerprint density at radius 3 is 2.74 bits per heavy atom. The lowest BCUT2D eigenvalue weighted by Gasteiger charge is -2.11. The largest absolute Gasteiger partial charge is 0.382 e. The van der Waals surface area contributed by atoms with Gasteiger partial charge in [0, 0.05) is 6.54 Å². The van der Waals surface area contributed by atoms with E-state index in [1.165, 1.54) is 0 Å². The number of nitrogens with one attached hydrogen (secondary N) is 1. The molecule has 1 N–H and O–H groups in total. The number of rotatable bonds is 9. The highest BCUT2D eigenvalue weighted by atomic mass is 32.2. The average Bonchev–Trinajstić information content (AvgIpc) is 2.43. The predicted molar refractivity (Wildman–Crippen MR) is 78.3 cm³/mol. The molecule has 0 aliphatic rings. The Hall–Kier alpha value is -1.33. The predicted octanol–water partition coefficient (Wildman–Crippen LogP) is 2.48. The smallest absolute Gasteiger partial charge is 0.180 e. The molecule has 4 nitrogen and oxygen atoms in total. The maximum Gasteiger partial charge on any atom is 0.180 e. The van der Waals surface area contributed by atoms with E-state index in [4.69, 9.17) is 4.74 Å². The second-order valence-electron chi connectivity index (χ2n) is 4.02. The first-order chi connectivity index (χ1) is 9.11. The molecule has 0 atom stereocenters. The highest BCUT2D eigenvalue weighted by molar-refractivity contribution is 7.91. The van der Waals surface area contributed by atoms with Crippen LogP contribution in [-0.2, 0) is 14.6 Å². The molecule has 5 heteroatoms. The molecule has 0 aromatic heterocycles. The van der Waals surface area contributed by atoms with Crippen molar-refractivity contribution in [1.82, 2.24) is 0 Å². The quantitative estimate of drug-likeness (QED) is 0.559. The maximum atomic E-state index is 11.9. The third kappa shape index (κ3) is 5.04. The number of benzene rings is 1. The minimum atomic E-state index is -3.20. The molecule has 1 aromatic carbocycles. The number of hydrogen-bond donors (Lipinski definition) is 1. The summed E-state index contributed by atoms with van der Waals surface area (Å²) in [5, 5.41) is 3.10. The molecule has 0 aliphatic heterocycles. The van der Waals surface area contributed by atoms with Gasteiger partial charge >= 0.3 is 0 Å². The van der Waals surface area contributed by atoms with Crippen molar-refractivity contribution in [2.45, 2.75) is 18.2 Å². The van der Waals surface area contributed by atoms with Crippen LogP contribution >= 0.6 is 0 Å². The van der Waals surface area contributed by atoms with Crippen LogP contribution in [0.25, 0.3) is 0 Å². The summed E-state index contributed by atoms with van der Waals surface area (Å²) < 4.78 is 29.2. The Kier molecular flexibility index (Phi) is 6.59. The van der Waals surface area contributed by atoms with Gasteiger partial charge in [0.2, 0.25) is 0 Å². The topological polar surface area (TPSA) is 55.4 Å². The zero-order valence-electron chi connectivity index (χ0n) is 11.3. The molecule has 0 radical (unpaired) electrons. The molecule has 1 aromatic rings. The van der Waals surface area contributed by atoms with Gasteiger partial charge in [-0.25, -0.2) is 8.42 Å². The van der Waals surface area contributed by atoms with Crippen molar-refractivity contribution >= 4 is 15.5 Å². The molecular formula is C14H21NO3S. The molecule has 0 fully saturated rings. The number of anilines is 1. The van der Waals surface area contributed by atoms with Crippen LogP contribution in [0.15, 0.2) is 41.8 Å². The summed E-state index contributed by atoms with van der Waals surface area (Å²) in [4.78, 5) is 0.351. The van der Waals surface area contributed by atoms with Gasteiger partial charge in [-0.05, 0) is 18.6 Å². The Morgan fingerprint density at radius 2 is 2.05 bits per heavy atom. The molecule has 0 aliphatic carbocycles. The second kappa shape index (κ2) is 7.96. The minimum absolute atomic E-state index is 0.0987. The Bertz CT molecular complexity index is 497. The normalized spacial score (nSPS) is 11.2. The van der Waals surface area contributed by atoms with Gasteiger partial charge in [-0.3, -0.25) is 0 Å². The van der Waals surface area contributed by atoms with Crippen molar-refractivity contribution in [3.05, 3.63) is 36.9 Å². The summed E-state index contributed by atoms with van der Waals surface area (Å²) in [7, 11) is -3.20. The lowest BCUT2D eigenvalue weighted by molar-refractivity contribution is 0.149. The van der Waals surface area contributed by atoms with E-state index in [0.717, 1.165) is 6.42 Å². The van der Waals surface area contributed by atoms with E-state index >= 15 is 0 Å². The van der Waals surface area contributed by atoms with E-state index in [9.17, 15) is 8.42 Å². The molecule has 0 amide bonds. The number of ether oxygens (including phenoxy) is 1. The van der Waals surface area contributed by atoms with Crippen LogP contribution in [0.2, 0.25) is 0 Å². The number of sulfone groups is 1. The third-order valence-electron chi connectivity index (χ3n) is 2.63. The first-order valence-corrected chi connectivity index (χ1v) is 8.01. The highest BCUT2D eigenvalue weighted by Gasteiger charge is 2.15. The molecule has 0 heterocycles. The van der Waals surface area contributed by atoms with Gasteiger partial charge in [-0.15, -0.1) is 6.58 Å². The number of hydrogen-bond acceptors (Lipinski definition) is 4. The minimum Gasteiger partial charge on any atom is -0.382 e. The van der Waals surface area contributed by atoms with Crippen LogP contribution in [0, 0.1) is 0 Å². The lowest BCUT2D eigenvalue weighted by atomic mass is 10.3. The van der Waals surface area contributed by atoms with Gasteiger partial charge in [0.05, 0.1) is 29.5 Å². The fraction of sp³-hybridized carbons (Fsp3) is 0.429. The first kappa shape index (κ1) is 15.7. The standard InChI is InChI=1S/C14H21NO3S/c1-3-5-11-18-12-10-15-13-8-6-7-9-14(13)19(16,17)4-2/h3,6-9,15H,1,4-5,10-12H2,2H3. The summed E-state index contributed by atoms with van der Waals surface area (Å²) in [6, 6.07) is 6.94. The van der Waals surface area contributed by atoms with E-state index in [2.05, 4.69) is 11.9 Å². The van der Waals surface area contributed by atoms with Crippen LogP contribution in [0.5, 0.6) is 0 Å². The third-order valence-corrected chi connectivity index (χ3v) is 4.42. The SMILES string of the molecule is C=CCCOCCNc1ccccc1S(=O)(=O)CC. The van der Waals surface area contributed by atoms with Gasteiger partial charge in [-0.2, -0.15) is 0 Å². The molecule has 106 valence electrons. The van der Waals surface area contributed by atoms with Gasteiger partial charge in [-0.1, -0.05) is 25.1 Å². The zero-order chi connectivity index (χ0) is 14.1. The summed E-state index contributed by atoms with van der Waals surface area (Å²) in [6.45, 7) is 7.01. The van der Waals surface area contributed by atoms with Crippen molar-refractivity contribution in [2.75, 3.05) is 30.8 Å². The van der Waals surface area contributed by atoms with Crippen molar-refractivity contribution in [3.63, 3.8) is 0 Å². The highest BCUT2D eigenvalue weighted by Crippen LogP contribution is 2.21. The van der Waals surface area contributed by atoms with Crippen molar-refractivity contribution in [2.24, 2.45) is 0 Å². The lowest BCUT2D eigenvalue weighted by Crippen LogP contribution is -2.13. The van der Waals surface area contributed by atoms with Crippen LogP contribution in [0.3, 0.4) is 0 Å². The van der Waals surface area contributed by atoms with Crippen LogP contribution < -0.4 is 5.32 Å². The van der Waals surface area contributed by atoms with Gasteiger partial charge in [0.25, 0.3) is 0 Å². The molecule has 0 bridgehead atoms. The maximum absolute atomic E-state index is 11.9. The van der Waals surface area contributed by atoms with E-state index in [0.29, 0.717) is 30.3 Å². The molecule has 0 unspecified atom stereocenters. The molecule has 1 rings (SSSR count). The molecule has 0 saturated heterocycles. The summed E-state index contributed by atoms with van der Waals surface area (Å²) in [6.07, 6.45) is 2.62. The second-order valence-corrected chi connectivity index (χ2v) is 6.26. The van der Waals surface area contributed by atoms with E-state index in [1.807, 2.05) is 6.07 Å². The summed E-state index contributed by atoms with van der Waals surface area (Å²) in [5.74, 6) is 0.0987. The van der Waals surface area contributed by atoms with Gasteiger partial charge in [0.1, 0.15) is 0 Å². The van der Waals surface area contributed by atoms with E-state index < -0.39 is 9.84 Å². The fourth-order valence-electron chi connectivity index (χ4n) is 1.57. The molecule has 19 heavy (non-hydrogen) atoms. The van der Waals surface area contributed by atoms with Crippen LogP contribution in [0.1, 0.15) is 13.3 Å². The zero-order valence-corrected chi connectivity index (χ0v) is 12.1. The summed E-state index contributed by atoms with van der Waals surface area (Å²) >= 11 is 0. The van der Waals surface area contributed by atoms with Crippen LogP contribution in [-0.4, -0.2) is 33.9 Å². The number of para-hydroxylation sites is 1. The summed E-state index contributed by atoms with van der Waals surface area (Å²) in [5.41, 5.74) is 0.636. The Morgan fingerprint density at radius 1 is 1.32 bits per heavy atom. The molecule has 0 saturated carbocycles. The Balaban J connectivity index is 2.57. The van der Waals surface area contributed by atoms with Crippen molar-refractivity contribution in [3.8, 4) is 0 Å². The van der Waals surface area contributed by atoms with Gasteiger partial charge < -0.3 is 10.1 Å². The van der Waals surface area contributed by atoms with E-state index in [-0.39, 0.29) is 5.75 Å². The fourth-order valence-corrected chi connectivity index (χ4v) is 2.64. The van der Waals surface area contributed by atoms with Crippen molar-refractivity contribution < 1.29 is 13.2 Å². The van der Waals surface area contributed by atoms with E-state index in [1.54, 1.807) is 31.2 Å². The first-order valence-electron chi connectivity index (χ1n) is 6.36.